The molecule has 0 spiro atoms. The Bertz CT molecular complexity index is 1090. The van der Waals surface area contributed by atoms with E-state index in [2.05, 4.69) is 22.8 Å². The Morgan fingerprint density at radius 3 is 2.58 bits per heavy atom. The van der Waals surface area contributed by atoms with Gasteiger partial charge in [0.1, 0.15) is 5.82 Å². The summed E-state index contributed by atoms with van der Waals surface area (Å²) in [5, 5.41) is 17.7. The molecule has 3 N–H and O–H groups in total. The summed E-state index contributed by atoms with van der Waals surface area (Å²) in [6.45, 7) is 2.89. The SMILES string of the molecule is CN[C@@H](C)C(=O)Nc1ccc2c(n1)CN(CCc1ccccc1)C(O)N2c1ccc(Cl)cc1. The van der Waals surface area contributed by atoms with Gasteiger partial charge in [-0.2, -0.15) is 0 Å². The Labute approximate surface area is 199 Å². The fraction of sp³-hybridized carbons (Fsp3) is 0.280. The molecule has 1 aromatic heterocycles. The number of carbonyl (C=O) groups is 1. The molecule has 172 valence electrons. The number of hydrogen-bond acceptors (Lipinski definition) is 6. The van der Waals surface area contributed by atoms with Gasteiger partial charge in [-0.15, -0.1) is 0 Å². The normalized spacial score (nSPS) is 16.8. The minimum Gasteiger partial charge on any atom is -0.360 e. The molecule has 0 saturated carbocycles. The molecular formula is C25H28ClN5O2. The number of amides is 1. The third-order valence-corrected chi connectivity index (χ3v) is 6.08. The highest BCUT2D eigenvalue weighted by Gasteiger charge is 2.33. The monoisotopic (exact) mass is 465 g/mol. The van der Waals surface area contributed by atoms with Crippen molar-refractivity contribution in [1.29, 1.82) is 0 Å². The minimum absolute atomic E-state index is 0.156. The average Bonchev–Trinajstić information content (AvgIpc) is 2.83. The molecule has 1 aliphatic heterocycles. The zero-order valence-corrected chi connectivity index (χ0v) is 19.5. The molecule has 4 rings (SSSR count). The van der Waals surface area contributed by atoms with Crippen LogP contribution in [0.5, 0.6) is 0 Å². The van der Waals surface area contributed by atoms with E-state index in [0.29, 0.717) is 23.9 Å². The number of carbonyl (C=O) groups excluding carboxylic acids is 1. The molecule has 0 radical (unpaired) electrons. The molecular weight excluding hydrogens is 438 g/mol. The summed E-state index contributed by atoms with van der Waals surface area (Å²) in [4.78, 5) is 20.9. The lowest BCUT2D eigenvalue weighted by atomic mass is 10.1. The number of aromatic nitrogens is 1. The van der Waals surface area contributed by atoms with Crippen LogP contribution in [0.25, 0.3) is 0 Å². The summed E-state index contributed by atoms with van der Waals surface area (Å²) in [5.41, 5.74) is 3.57. The van der Waals surface area contributed by atoms with Crippen molar-refractivity contribution < 1.29 is 9.90 Å². The Balaban J connectivity index is 1.64. The molecule has 2 aromatic carbocycles. The number of likely N-dealkylation sites (N-methyl/N-ethyl adjacent to an activating group) is 1. The van der Waals surface area contributed by atoms with Gasteiger partial charge in [0.2, 0.25) is 5.91 Å². The molecule has 1 unspecified atom stereocenters. The van der Waals surface area contributed by atoms with E-state index in [0.717, 1.165) is 23.5 Å². The molecule has 33 heavy (non-hydrogen) atoms. The second kappa shape index (κ2) is 10.3. The molecule has 1 amide bonds. The zero-order chi connectivity index (χ0) is 23.4. The van der Waals surface area contributed by atoms with Crippen molar-refractivity contribution in [2.24, 2.45) is 0 Å². The lowest BCUT2D eigenvalue weighted by molar-refractivity contribution is -0.117. The number of benzene rings is 2. The van der Waals surface area contributed by atoms with Crippen LogP contribution in [0.4, 0.5) is 17.2 Å². The number of aliphatic hydroxyl groups excluding tert-OH is 1. The number of fused-ring (bicyclic) bond motifs is 1. The van der Waals surface area contributed by atoms with Crippen LogP contribution >= 0.6 is 11.6 Å². The summed E-state index contributed by atoms with van der Waals surface area (Å²) in [6, 6.07) is 20.8. The predicted molar refractivity (Wildman–Crippen MR) is 132 cm³/mol. The summed E-state index contributed by atoms with van der Waals surface area (Å²) >= 11 is 6.09. The maximum Gasteiger partial charge on any atom is 0.242 e. The van der Waals surface area contributed by atoms with Gasteiger partial charge < -0.3 is 20.6 Å². The zero-order valence-electron chi connectivity index (χ0n) is 18.7. The summed E-state index contributed by atoms with van der Waals surface area (Å²) in [5.74, 6) is 0.326. The largest absolute Gasteiger partial charge is 0.360 e. The van der Waals surface area contributed by atoms with Crippen LogP contribution in [0, 0.1) is 0 Å². The molecule has 7 nitrogen and oxygen atoms in total. The Morgan fingerprint density at radius 2 is 1.88 bits per heavy atom. The number of halogens is 1. The van der Waals surface area contributed by atoms with Crippen molar-refractivity contribution in [3.05, 3.63) is 83.0 Å². The first-order chi connectivity index (χ1) is 16.0. The highest BCUT2D eigenvalue weighted by molar-refractivity contribution is 6.30. The van der Waals surface area contributed by atoms with E-state index in [-0.39, 0.29) is 11.9 Å². The van der Waals surface area contributed by atoms with Gasteiger partial charge >= 0.3 is 0 Å². The van der Waals surface area contributed by atoms with Crippen LogP contribution in [0.3, 0.4) is 0 Å². The van der Waals surface area contributed by atoms with E-state index >= 15 is 0 Å². The van der Waals surface area contributed by atoms with E-state index in [1.54, 1.807) is 32.2 Å². The average molecular weight is 466 g/mol. The number of nitrogens with one attached hydrogen (secondary N) is 2. The molecule has 3 aromatic rings. The van der Waals surface area contributed by atoms with Gasteiger partial charge in [-0.1, -0.05) is 41.9 Å². The van der Waals surface area contributed by atoms with Crippen molar-refractivity contribution in [2.45, 2.75) is 32.3 Å². The first kappa shape index (κ1) is 23.2. The summed E-state index contributed by atoms with van der Waals surface area (Å²) in [7, 11) is 1.74. The number of hydrogen-bond donors (Lipinski definition) is 3. The van der Waals surface area contributed by atoms with Crippen molar-refractivity contribution in [1.82, 2.24) is 15.2 Å². The molecule has 0 fully saturated rings. The van der Waals surface area contributed by atoms with Crippen molar-refractivity contribution >= 4 is 34.7 Å². The van der Waals surface area contributed by atoms with Crippen molar-refractivity contribution in [3.63, 3.8) is 0 Å². The first-order valence-corrected chi connectivity index (χ1v) is 11.3. The third-order valence-electron chi connectivity index (χ3n) is 5.83. The van der Waals surface area contributed by atoms with Gasteiger partial charge in [0, 0.05) is 23.8 Å². The molecule has 8 heteroatoms. The van der Waals surface area contributed by atoms with Crippen LogP contribution in [0.15, 0.2) is 66.7 Å². The first-order valence-electron chi connectivity index (χ1n) is 10.9. The number of rotatable bonds is 7. The molecule has 0 aliphatic carbocycles. The van der Waals surface area contributed by atoms with Gasteiger partial charge in [-0.3, -0.25) is 9.69 Å². The number of nitrogens with zero attached hydrogens (tertiary/aromatic N) is 3. The van der Waals surface area contributed by atoms with Gasteiger partial charge in [0.25, 0.3) is 0 Å². The van der Waals surface area contributed by atoms with Crippen LogP contribution in [0.2, 0.25) is 5.02 Å². The fourth-order valence-corrected chi connectivity index (χ4v) is 3.94. The van der Waals surface area contributed by atoms with E-state index in [9.17, 15) is 9.90 Å². The van der Waals surface area contributed by atoms with Crippen molar-refractivity contribution in [3.8, 4) is 0 Å². The van der Waals surface area contributed by atoms with Crippen LogP contribution in [-0.2, 0) is 17.8 Å². The Morgan fingerprint density at radius 1 is 1.15 bits per heavy atom. The standard InChI is InChI=1S/C25H28ClN5O2/c1-17(27-2)24(32)29-23-13-12-22-21(28-23)16-30(15-14-18-6-4-3-5-7-18)25(33)31(22)20-10-8-19(26)9-11-20/h3-13,17,25,27,33H,14-16H2,1-2H3,(H,28,29,32)/t17-,25?/m0/s1. The second-order valence-electron chi connectivity index (χ2n) is 8.06. The van der Waals surface area contributed by atoms with Crippen molar-refractivity contribution in [2.75, 3.05) is 23.8 Å². The van der Waals surface area contributed by atoms with E-state index in [1.165, 1.54) is 5.56 Å². The fourth-order valence-electron chi connectivity index (χ4n) is 3.81. The van der Waals surface area contributed by atoms with Gasteiger partial charge in [0.05, 0.1) is 17.4 Å². The van der Waals surface area contributed by atoms with E-state index in [1.807, 2.05) is 46.2 Å². The summed E-state index contributed by atoms with van der Waals surface area (Å²) in [6.07, 6.45) is -0.0772. The van der Waals surface area contributed by atoms with Crippen LogP contribution in [0.1, 0.15) is 18.2 Å². The van der Waals surface area contributed by atoms with Gasteiger partial charge in [0.15, 0.2) is 6.35 Å². The highest BCUT2D eigenvalue weighted by Crippen LogP contribution is 2.36. The Hall–Kier alpha value is -2.97. The van der Waals surface area contributed by atoms with Gasteiger partial charge in [-0.05, 0) is 62.4 Å². The highest BCUT2D eigenvalue weighted by atomic mass is 35.5. The molecule has 2 atom stereocenters. The number of pyridine rings is 1. The lowest BCUT2D eigenvalue weighted by Gasteiger charge is -2.42. The topological polar surface area (TPSA) is 80.7 Å². The maximum atomic E-state index is 12.3. The predicted octanol–water partition coefficient (Wildman–Crippen LogP) is 3.75. The maximum absolute atomic E-state index is 12.3. The summed E-state index contributed by atoms with van der Waals surface area (Å²) < 4.78 is 0. The minimum atomic E-state index is -0.867. The molecule has 0 bridgehead atoms. The Kier molecular flexibility index (Phi) is 7.25. The van der Waals surface area contributed by atoms with E-state index < -0.39 is 6.35 Å². The smallest absolute Gasteiger partial charge is 0.242 e. The quantitative estimate of drug-likeness (QED) is 0.493. The van der Waals surface area contributed by atoms with Gasteiger partial charge in [-0.25, -0.2) is 4.98 Å². The number of anilines is 3. The molecule has 0 saturated heterocycles. The number of aliphatic hydroxyl groups is 1. The molecule has 2 heterocycles. The van der Waals surface area contributed by atoms with Crippen LogP contribution < -0.4 is 15.5 Å². The third kappa shape index (κ3) is 5.34. The van der Waals surface area contributed by atoms with Crippen LogP contribution in [-0.4, -0.2) is 46.9 Å². The van der Waals surface area contributed by atoms with E-state index in [4.69, 9.17) is 16.6 Å². The molecule has 1 aliphatic rings. The second-order valence-corrected chi connectivity index (χ2v) is 8.50. The lowest BCUT2D eigenvalue weighted by Crippen LogP contribution is -2.50.